The summed E-state index contributed by atoms with van der Waals surface area (Å²) in [7, 11) is 0. The van der Waals surface area contributed by atoms with Crippen molar-refractivity contribution in [1.82, 2.24) is 0 Å². The minimum absolute atomic E-state index is 0.00784. The van der Waals surface area contributed by atoms with Crippen LogP contribution in [0.4, 0.5) is 0 Å². The molecule has 0 saturated carbocycles. The van der Waals surface area contributed by atoms with Crippen molar-refractivity contribution in [2.75, 3.05) is 6.61 Å². The van der Waals surface area contributed by atoms with Gasteiger partial charge in [-0.3, -0.25) is 0 Å². The zero-order chi connectivity index (χ0) is 12.8. The van der Waals surface area contributed by atoms with E-state index in [2.05, 4.69) is 0 Å². The molecule has 17 heavy (non-hydrogen) atoms. The Morgan fingerprint density at radius 2 is 1.88 bits per heavy atom. The highest BCUT2D eigenvalue weighted by Gasteiger charge is 2.15. The molecule has 0 bridgehead atoms. The van der Waals surface area contributed by atoms with Gasteiger partial charge in [0.25, 0.3) is 0 Å². The monoisotopic (exact) mass is 237 g/mol. The predicted molar refractivity (Wildman–Crippen MR) is 65.8 cm³/mol. The van der Waals surface area contributed by atoms with Crippen molar-refractivity contribution in [3.8, 4) is 5.75 Å². The molecular formula is C13H19NO3. The third kappa shape index (κ3) is 4.07. The molecule has 2 N–H and O–H groups in total. The average Bonchev–Trinajstić information content (AvgIpc) is 2.30. The molecule has 4 heteroatoms. The lowest BCUT2D eigenvalue weighted by atomic mass is 10.1. The second-order valence-corrected chi connectivity index (χ2v) is 3.87. The smallest absolute Gasteiger partial charge is 0.347 e. The fraction of sp³-hybridized carbons (Fsp3) is 0.462. The average molecular weight is 237 g/mol. The van der Waals surface area contributed by atoms with Gasteiger partial charge in [-0.05, 0) is 38.5 Å². The Balaban J connectivity index is 2.60. The minimum atomic E-state index is -0.601. The summed E-state index contributed by atoms with van der Waals surface area (Å²) >= 11 is 0. The number of benzene rings is 1. The van der Waals surface area contributed by atoms with Crippen LogP contribution in [0.25, 0.3) is 0 Å². The van der Waals surface area contributed by atoms with Crippen molar-refractivity contribution in [2.45, 2.75) is 32.9 Å². The molecule has 94 valence electrons. The van der Waals surface area contributed by atoms with E-state index in [1.54, 1.807) is 26.0 Å². The summed E-state index contributed by atoms with van der Waals surface area (Å²) < 4.78 is 10.3. The first-order chi connectivity index (χ1) is 8.04. The lowest BCUT2D eigenvalue weighted by Crippen LogP contribution is -2.26. The third-order valence-corrected chi connectivity index (χ3v) is 2.34. The molecule has 1 aromatic carbocycles. The van der Waals surface area contributed by atoms with E-state index in [-0.39, 0.29) is 12.0 Å². The fourth-order valence-corrected chi connectivity index (χ4v) is 1.36. The van der Waals surface area contributed by atoms with Gasteiger partial charge < -0.3 is 15.2 Å². The standard InChI is InChI=1S/C13H19NO3/c1-4-16-13(15)10(3)17-12-7-5-11(6-8-12)9(2)14/h5-10H,4,14H2,1-3H3/t9-,10?/m1/s1. The Bertz CT molecular complexity index is 359. The van der Waals surface area contributed by atoms with Crippen LogP contribution in [0.5, 0.6) is 5.75 Å². The second-order valence-electron chi connectivity index (χ2n) is 3.87. The summed E-state index contributed by atoms with van der Waals surface area (Å²) in [5.74, 6) is 0.277. The first-order valence-electron chi connectivity index (χ1n) is 5.73. The van der Waals surface area contributed by atoms with Gasteiger partial charge >= 0.3 is 5.97 Å². The van der Waals surface area contributed by atoms with Crippen molar-refractivity contribution in [1.29, 1.82) is 0 Å². The van der Waals surface area contributed by atoms with Crippen LogP contribution in [-0.2, 0) is 9.53 Å². The normalized spacial score (nSPS) is 13.9. The number of hydrogen-bond donors (Lipinski definition) is 1. The molecule has 4 nitrogen and oxygen atoms in total. The number of nitrogens with two attached hydrogens (primary N) is 1. The zero-order valence-corrected chi connectivity index (χ0v) is 10.5. The molecule has 1 rings (SSSR count). The molecule has 0 aromatic heterocycles. The summed E-state index contributed by atoms with van der Waals surface area (Å²) in [5, 5.41) is 0. The summed E-state index contributed by atoms with van der Waals surface area (Å²) in [6, 6.07) is 7.37. The molecule has 0 amide bonds. The highest BCUT2D eigenvalue weighted by molar-refractivity contribution is 5.74. The van der Waals surface area contributed by atoms with E-state index in [4.69, 9.17) is 15.2 Å². The molecule has 2 atom stereocenters. The van der Waals surface area contributed by atoms with Gasteiger partial charge in [0.1, 0.15) is 5.75 Å². The Morgan fingerprint density at radius 1 is 1.29 bits per heavy atom. The van der Waals surface area contributed by atoms with Gasteiger partial charge in [-0.25, -0.2) is 4.79 Å². The number of carbonyl (C=O) groups excluding carboxylic acids is 1. The first kappa shape index (κ1) is 13.5. The van der Waals surface area contributed by atoms with Gasteiger partial charge in [-0.1, -0.05) is 12.1 Å². The van der Waals surface area contributed by atoms with Crippen LogP contribution in [-0.4, -0.2) is 18.7 Å². The summed E-state index contributed by atoms with van der Waals surface area (Å²) in [5.41, 5.74) is 6.77. The number of ether oxygens (including phenoxy) is 2. The van der Waals surface area contributed by atoms with Gasteiger partial charge in [0.05, 0.1) is 6.61 Å². The topological polar surface area (TPSA) is 61.5 Å². The molecule has 0 aliphatic rings. The van der Waals surface area contributed by atoms with Gasteiger partial charge in [-0.2, -0.15) is 0 Å². The summed E-state index contributed by atoms with van der Waals surface area (Å²) in [4.78, 5) is 11.4. The highest BCUT2D eigenvalue weighted by Crippen LogP contribution is 2.17. The molecule has 0 radical (unpaired) electrons. The van der Waals surface area contributed by atoms with Crippen LogP contribution >= 0.6 is 0 Å². The molecule has 0 heterocycles. The Kier molecular flexibility index (Phi) is 4.97. The van der Waals surface area contributed by atoms with E-state index < -0.39 is 6.10 Å². The van der Waals surface area contributed by atoms with Crippen LogP contribution < -0.4 is 10.5 Å². The maximum Gasteiger partial charge on any atom is 0.347 e. The largest absolute Gasteiger partial charge is 0.479 e. The van der Waals surface area contributed by atoms with Crippen molar-refractivity contribution < 1.29 is 14.3 Å². The van der Waals surface area contributed by atoms with Crippen LogP contribution in [0.15, 0.2) is 24.3 Å². The van der Waals surface area contributed by atoms with Crippen LogP contribution in [0, 0.1) is 0 Å². The Labute approximate surface area is 102 Å². The molecule has 0 fully saturated rings. The zero-order valence-electron chi connectivity index (χ0n) is 10.5. The quantitative estimate of drug-likeness (QED) is 0.796. The van der Waals surface area contributed by atoms with Crippen molar-refractivity contribution in [2.24, 2.45) is 5.73 Å². The number of carbonyl (C=O) groups is 1. The molecule has 0 spiro atoms. The molecular weight excluding hydrogens is 218 g/mol. The summed E-state index contributed by atoms with van der Waals surface area (Å²) in [6.45, 7) is 5.70. The van der Waals surface area contributed by atoms with E-state index in [1.165, 1.54) is 0 Å². The molecule has 0 saturated heterocycles. The van der Waals surface area contributed by atoms with E-state index in [0.29, 0.717) is 12.4 Å². The Morgan fingerprint density at radius 3 is 2.35 bits per heavy atom. The van der Waals surface area contributed by atoms with Crippen LogP contribution in [0.1, 0.15) is 32.4 Å². The van der Waals surface area contributed by atoms with Gasteiger partial charge in [0, 0.05) is 6.04 Å². The molecule has 1 aromatic rings. The highest BCUT2D eigenvalue weighted by atomic mass is 16.6. The van der Waals surface area contributed by atoms with Crippen LogP contribution in [0.3, 0.4) is 0 Å². The van der Waals surface area contributed by atoms with E-state index in [1.807, 2.05) is 19.1 Å². The van der Waals surface area contributed by atoms with Gasteiger partial charge in [-0.15, -0.1) is 0 Å². The SMILES string of the molecule is CCOC(=O)C(C)Oc1ccc([C@@H](C)N)cc1. The van der Waals surface area contributed by atoms with Gasteiger partial charge in [0.15, 0.2) is 6.10 Å². The lowest BCUT2D eigenvalue weighted by Gasteiger charge is -2.14. The van der Waals surface area contributed by atoms with Gasteiger partial charge in [0.2, 0.25) is 0 Å². The molecule has 0 aliphatic carbocycles. The number of esters is 1. The minimum Gasteiger partial charge on any atom is -0.479 e. The van der Waals surface area contributed by atoms with E-state index in [9.17, 15) is 4.79 Å². The maximum absolute atomic E-state index is 11.4. The second kappa shape index (κ2) is 6.25. The maximum atomic E-state index is 11.4. The molecule has 1 unspecified atom stereocenters. The number of hydrogen-bond acceptors (Lipinski definition) is 4. The van der Waals surface area contributed by atoms with Crippen LogP contribution in [0.2, 0.25) is 0 Å². The lowest BCUT2D eigenvalue weighted by molar-refractivity contribution is -0.150. The predicted octanol–water partition coefficient (Wildman–Crippen LogP) is 2.04. The third-order valence-electron chi connectivity index (χ3n) is 2.34. The van der Waals surface area contributed by atoms with Crippen molar-refractivity contribution in [3.63, 3.8) is 0 Å². The summed E-state index contributed by atoms with van der Waals surface area (Å²) in [6.07, 6.45) is -0.601. The first-order valence-corrected chi connectivity index (χ1v) is 5.73. The number of rotatable bonds is 5. The van der Waals surface area contributed by atoms with E-state index in [0.717, 1.165) is 5.56 Å². The Hall–Kier alpha value is -1.55. The fourth-order valence-electron chi connectivity index (χ4n) is 1.36. The van der Waals surface area contributed by atoms with Crippen molar-refractivity contribution >= 4 is 5.97 Å². The van der Waals surface area contributed by atoms with E-state index >= 15 is 0 Å². The van der Waals surface area contributed by atoms with Crippen molar-refractivity contribution in [3.05, 3.63) is 29.8 Å². The molecule has 0 aliphatic heterocycles.